The monoisotopic (exact) mass is 253 g/mol. The minimum absolute atomic E-state index is 0.0769. The highest BCUT2D eigenvalue weighted by atomic mass is 16.5. The lowest BCUT2D eigenvalue weighted by molar-refractivity contribution is -0.138. The van der Waals surface area contributed by atoms with E-state index in [0.29, 0.717) is 12.5 Å². The van der Waals surface area contributed by atoms with Crippen LogP contribution in [-0.4, -0.2) is 48.3 Å². The fourth-order valence-corrected chi connectivity index (χ4v) is 2.74. The Hall–Kier alpha value is -0.870. The molecule has 18 heavy (non-hydrogen) atoms. The van der Waals surface area contributed by atoms with E-state index in [2.05, 4.69) is 12.2 Å². The molecule has 1 amide bonds. The van der Waals surface area contributed by atoms with Gasteiger partial charge >= 0.3 is 0 Å². The second-order valence-electron chi connectivity index (χ2n) is 5.10. The Bertz CT molecular complexity index is 295. The summed E-state index contributed by atoms with van der Waals surface area (Å²) in [5, 5.41) is 8.71. The molecular formula is C14H23NO3. The molecule has 4 heteroatoms. The zero-order valence-electron chi connectivity index (χ0n) is 10.9. The predicted molar refractivity (Wildman–Crippen MR) is 69.1 cm³/mol. The topological polar surface area (TPSA) is 49.8 Å². The van der Waals surface area contributed by atoms with E-state index < -0.39 is 0 Å². The number of hydrogen-bond acceptors (Lipinski definition) is 3. The van der Waals surface area contributed by atoms with E-state index in [9.17, 15) is 4.79 Å². The highest BCUT2D eigenvalue weighted by Gasteiger charge is 2.28. The molecule has 1 saturated heterocycles. The lowest BCUT2D eigenvalue weighted by Gasteiger charge is -2.34. The molecule has 1 atom stereocenters. The zero-order chi connectivity index (χ0) is 12.8. The van der Waals surface area contributed by atoms with Crippen molar-refractivity contribution in [3.05, 3.63) is 12.2 Å². The van der Waals surface area contributed by atoms with Crippen LogP contribution in [0.3, 0.4) is 0 Å². The van der Waals surface area contributed by atoms with Gasteiger partial charge < -0.3 is 14.7 Å². The van der Waals surface area contributed by atoms with E-state index in [0.717, 1.165) is 45.2 Å². The smallest absolute Gasteiger partial charge is 0.226 e. The number of allylic oxidation sites excluding steroid dienone is 2. The van der Waals surface area contributed by atoms with Gasteiger partial charge in [0.2, 0.25) is 5.91 Å². The number of nitrogens with zero attached hydrogens (tertiary/aromatic N) is 1. The van der Waals surface area contributed by atoms with Crippen LogP contribution in [0.5, 0.6) is 0 Å². The Kier molecular flexibility index (Phi) is 5.20. The fraction of sp³-hybridized carbons (Fsp3) is 0.786. The summed E-state index contributed by atoms with van der Waals surface area (Å²) in [6.45, 7) is 2.09. The van der Waals surface area contributed by atoms with Crippen LogP contribution in [-0.2, 0) is 9.53 Å². The summed E-state index contributed by atoms with van der Waals surface area (Å²) >= 11 is 0. The largest absolute Gasteiger partial charge is 0.394 e. The molecule has 102 valence electrons. The number of ether oxygens (including phenoxy) is 1. The molecule has 0 radical (unpaired) electrons. The van der Waals surface area contributed by atoms with Gasteiger partial charge in [0.05, 0.1) is 19.3 Å². The van der Waals surface area contributed by atoms with Gasteiger partial charge in [-0.25, -0.2) is 0 Å². The fourth-order valence-electron chi connectivity index (χ4n) is 2.74. The summed E-state index contributed by atoms with van der Waals surface area (Å²) in [6, 6.07) is 0. The maximum atomic E-state index is 12.3. The molecule has 2 rings (SSSR count). The molecule has 1 N–H and O–H groups in total. The molecule has 0 saturated carbocycles. The average molecular weight is 253 g/mol. The molecule has 1 heterocycles. The van der Waals surface area contributed by atoms with Crippen LogP contribution in [0.1, 0.15) is 32.1 Å². The van der Waals surface area contributed by atoms with Crippen molar-refractivity contribution in [2.45, 2.75) is 38.2 Å². The van der Waals surface area contributed by atoms with E-state index in [-0.39, 0.29) is 18.6 Å². The number of likely N-dealkylation sites (tertiary alicyclic amines) is 1. The standard InChI is InChI=1S/C14H23NO3/c16-10-11-18-13-6-8-15(9-7-13)14(17)12-4-2-1-3-5-12/h1-2,12-13,16H,3-11H2. The van der Waals surface area contributed by atoms with Crippen molar-refractivity contribution in [2.24, 2.45) is 5.92 Å². The third-order valence-electron chi connectivity index (χ3n) is 3.82. The first kappa shape index (κ1) is 13.6. The molecule has 0 spiro atoms. The van der Waals surface area contributed by atoms with Gasteiger partial charge in [0.1, 0.15) is 0 Å². The summed E-state index contributed by atoms with van der Waals surface area (Å²) in [6.07, 6.45) is 9.24. The lowest BCUT2D eigenvalue weighted by atomic mass is 9.92. The van der Waals surface area contributed by atoms with Gasteiger partial charge in [0, 0.05) is 19.0 Å². The molecule has 1 aliphatic heterocycles. The maximum absolute atomic E-state index is 12.3. The Balaban J connectivity index is 1.75. The number of amides is 1. The maximum Gasteiger partial charge on any atom is 0.226 e. The highest BCUT2D eigenvalue weighted by Crippen LogP contribution is 2.23. The molecule has 0 aromatic rings. The van der Waals surface area contributed by atoms with E-state index in [1.165, 1.54) is 0 Å². The molecule has 1 unspecified atom stereocenters. The summed E-state index contributed by atoms with van der Waals surface area (Å²) in [5.41, 5.74) is 0. The third-order valence-corrected chi connectivity index (χ3v) is 3.82. The first-order valence-electron chi connectivity index (χ1n) is 6.97. The normalized spacial score (nSPS) is 25.4. The van der Waals surface area contributed by atoms with Crippen LogP contribution in [0, 0.1) is 5.92 Å². The van der Waals surface area contributed by atoms with Crippen LogP contribution in [0.2, 0.25) is 0 Å². The van der Waals surface area contributed by atoms with E-state index in [1.54, 1.807) is 0 Å². The number of hydrogen-bond donors (Lipinski definition) is 1. The zero-order valence-corrected chi connectivity index (χ0v) is 10.9. The highest BCUT2D eigenvalue weighted by molar-refractivity contribution is 5.79. The molecule has 4 nitrogen and oxygen atoms in total. The van der Waals surface area contributed by atoms with Gasteiger partial charge in [-0.1, -0.05) is 12.2 Å². The number of piperidine rings is 1. The average Bonchev–Trinajstić information content (AvgIpc) is 2.46. The molecular weight excluding hydrogens is 230 g/mol. The molecule has 1 aliphatic carbocycles. The van der Waals surface area contributed by atoms with Crippen molar-refractivity contribution < 1.29 is 14.6 Å². The first-order chi connectivity index (χ1) is 8.81. The van der Waals surface area contributed by atoms with E-state index in [4.69, 9.17) is 9.84 Å². The van der Waals surface area contributed by atoms with Gasteiger partial charge in [-0.2, -0.15) is 0 Å². The molecule has 2 aliphatic rings. The molecule has 0 aromatic heterocycles. The molecule has 1 fully saturated rings. The second-order valence-corrected chi connectivity index (χ2v) is 5.10. The van der Waals surface area contributed by atoms with Gasteiger partial charge in [-0.05, 0) is 32.1 Å². The summed E-state index contributed by atoms with van der Waals surface area (Å²) in [7, 11) is 0. The Morgan fingerprint density at radius 1 is 1.28 bits per heavy atom. The van der Waals surface area contributed by atoms with Crippen molar-refractivity contribution in [1.82, 2.24) is 4.90 Å². The Morgan fingerprint density at radius 3 is 2.67 bits per heavy atom. The Labute approximate surface area is 109 Å². The van der Waals surface area contributed by atoms with Crippen molar-refractivity contribution in [3.8, 4) is 0 Å². The summed E-state index contributed by atoms with van der Waals surface area (Å²) in [5.74, 6) is 0.518. The van der Waals surface area contributed by atoms with Crippen LogP contribution in [0.4, 0.5) is 0 Å². The molecule has 0 aromatic carbocycles. The molecule has 0 bridgehead atoms. The van der Waals surface area contributed by atoms with Crippen molar-refractivity contribution in [3.63, 3.8) is 0 Å². The quantitative estimate of drug-likeness (QED) is 0.769. The number of carbonyl (C=O) groups is 1. The van der Waals surface area contributed by atoms with Gasteiger partial charge in [0.25, 0.3) is 0 Å². The van der Waals surface area contributed by atoms with E-state index in [1.807, 2.05) is 4.90 Å². The number of aliphatic hydroxyl groups excluding tert-OH is 1. The van der Waals surface area contributed by atoms with Crippen molar-refractivity contribution in [2.75, 3.05) is 26.3 Å². The lowest BCUT2D eigenvalue weighted by Crippen LogP contribution is -2.44. The van der Waals surface area contributed by atoms with Gasteiger partial charge in [-0.15, -0.1) is 0 Å². The van der Waals surface area contributed by atoms with Crippen LogP contribution in [0.25, 0.3) is 0 Å². The predicted octanol–water partition coefficient (Wildman–Crippen LogP) is 1.34. The van der Waals surface area contributed by atoms with Gasteiger partial charge in [-0.3, -0.25) is 4.79 Å². The Morgan fingerprint density at radius 2 is 2.06 bits per heavy atom. The minimum Gasteiger partial charge on any atom is -0.394 e. The second kappa shape index (κ2) is 6.90. The summed E-state index contributed by atoms with van der Waals surface area (Å²) < 4.78 is 5.51. The minimum atomic E-state index is 0.0769. The van der Waals surface area contributed by atoms with Crippen molar-refractivity contribution >= 4 is 5.91 Å². The van der Waals surface area contributed by atoms with Crippen molar-refractivity contribution in [1.29, 1.82) is 0 Å². The van der Waals surface area contributed by atoms with E-state index >= 15 is 0 Å². The van der Waals surface area contributed by atoms with Crippen LogP contribution >= 0.6 is 0 Å². The SMILES string of the molecule is O=C(C1CC=CCC1)N1CCC(OCCO)CC1. The number of rotatable bonds is 4. The van der Waals surface area contributed by atoms with Crippen LogP contribution in [0.15, 0.2) is 12.2 Å². The third kappa shape index (κ3) is 3.56. The number of aliphatic hydroxyl groups is 1. The first-order valence-corrected chi connectivity index (χ1v) is 6.97. The summed E-state index contributed by atoms with van der Waals surface area (Å²) in [4.78, 5) is 14.3. The number of carbonyl (C=O) groups excluding carboxylic acids is 1. The van der Waals surface area contributed by atoms with Gasteiger partial charge in [0.15, 0.2) is 0 Å². The van der Waals surface area contributed by atoms with Crippen LogP contribution < -0.4 is 0 Å².